The van der Waals surface area contributed by atoms with Gasteiger partial charge in [0.1, 0.15) is 0 Å². The summed E-state index contributed by atoms with van der Waals surface area (Å²) in [5.41, 5.74) is 1.58. The van der Waals surface area contributed by atoms with Crippen molar-refractivity contribution in [1.82, 2.24) is 15.1 Å². The van der Waals surface area contributed by atoms with Crippen LogP contribution in [0.15, 0.2) is 23.6 Å². The molecule has 18 heavy (non-hydrogen) atoms. The number of hydrogen-bond donors (Lipinski definition) is 0. The first kappa shape index (κ1) is 11.6. The molecule has 1 aliphatic rings. The van der Waals surface area contributed by atoms with E-state index < -0.39 is 0 Å². The smallest absolute Gasteiger partial charge is 0.274 e. The zero-order valence-electron chi connectivity index (χ0n) is 9.47. The van der Waals surface area contributed by atoms with E-state index in [0.717, 1.165) is 13.0 Å². The SMILES string of the molecule is O=C(c1ccc(Cl)nn1)N1CCc2sccc2C1. The van der Waals surface area contributed by atoms with Crippen molar-refractivity contribution < 1.29 is 4.79 Å². The maximum Gasteiger partial charge on any atom is 0.274 e. The fourth-order valence-corrected chi connectivity index (χ4v) is 3.00. The molecule has 0 aliphatic carbocycles. The number of fused-ring (bicyclic) bond motifs is 1. The van der Waals surface area contributed by atoms with Gasteiger partial charge in [-0.3, -0.25) is 4.79 Å². The summed E-state index contributed by atoms with van der Waals surface area (Å²) < 4.78 is 0. The Morgan fingerprint density at radius 3 is 3.00 bits per heavy atom. The Balaban J connectivity index is 1.80. The summed E-state index contributed by atoms with van der Waals surface area (Å²) in [4.78, 5) is 15.4. The molecule has 0 bridgehead atoms. The monoisotopic (exact) mass is 279 g/mol. The van der Waals surface area contributed by atoms with E-state index in [1.165, 1.54) is 10.4 Å². The minimum Gasteiger partial charge on any atom is -0.333 e. The van der Waals surface area contributed by atoms with Gasteiger partial charge < -0.3 is 4.90 Å². The molecule has 0 radical (unpaired) electrons. The van der Waals surface area contributed by atoms with E-state index in [-0.39, 0.29) is 5.91 Å². The molecule has 0 saturated heterocycles. The molecule has 2 aromatic heterocycles. The van der Waals surface area contributed by atoms with Crippen LogP contribution in [0.5, 0.6) is 0 Å². The normalized spacial score (nSPS) is 14.4. The zero-order valence-corrected chi connectivity index (χ0v) is 11.0. The lowest BCUT2D eigenvalue weighted by Gasteiger charge is -2.26. The molecule has 1 aliphatic heterocycles. The lowest BCUT2D eigenvalue weighted by Crippen LogP contribution is -2.35. The first-order valence-corrected chi connectivity index (χ1v) is 6.83. The molecule has 0 atom stereocenters. The Bertz CT molecular complexity index is 581. The number of rotatable bonds is 1. The summed E-state index contributed by atoms with van der Waals surface area (Å²) in [6.07, 6.45) is 0.916. The average Bonchev–Trinajstić information content (AvgIpc) is 2.86. The molecule has 2 aromatic rings. The van der Waals surface area contributed by atoms with Gasteiger partial charge in [0.2, 0.25) is 0 Å². The number of carbonyl (C=O) groups is 1. The van der Waals surface area contributed by atoms with Crippen LogP contribution in [0, 0.1) is 0 Å². The number of hydrogen-bond acceptors (Lipinski definition) is 4. The molecule has 6 heteroatoms. The Labute approximate surface area is 113 Å². The van der Waals surface area contributed by atoms with E-state index in [0.29, 0.717) is 17.4 Å². The van der Waals surface area contributed by atoms with Crippen LogP contribution in [-0.2, 0) is 13.0 Å². The van der Waals surface area contributed by atoms with E-state index in [2.05, 4.69) is 21.6 Å². The fourth-order valence-electron chi connectivity index (χ4n) is 2.01. The highest BCUT2D eigenvalue weighted by Gasteiger charge is 2.23. The van der Waals surface area contributed by atoms with Crippen LogP contribution in [0.25, 0.3) is 0 Å². The molecule has 0 fully saturated rings. The van der Waals surface area contributed by atoms with Crippen molar-refractivity contribution in [3.05, 3.63) is 44.9 Å². The molecule has 3 heterocycles. The van der Waals surface area contributed by atoms with Crippen LogP contribution in [0.3, 0.4) is 0 Å². The Kier molecular flexibility index (Phi) is 3.01. The van der Waals surface area contributed by atoms with Gasteiger partial charge in [0, 0.05) is 18.0 Å². The summed E-state index contributed by atoms with van der Waals surface area (Å²) in [6, 6.07) is 5.27. The van der Waals surface area contributed by atoms with E-state index in [9.17, 15) is 4.79 Å². The summed E-state index contributed by atoms with van der Waals surface area (Å²) >= 11 is 7.41. The van der Waals surface area contributed by atoms with Crippen LogP contribution in [0.2, 0.25) is 5.15 Å². The average molecular weight is 280 g/mol. The Morgan fingerprint density at radius 1 is 1.33 bits per heavy atom. The third kappa shape index (κ3) is 2.11. The number of halogens is 1. The van der Waals surface area contributed by atoms with Crippen LogP contribution in [0.4, 0.5) is 0 Å². The minimum atomic E-state index is -0.0870. The van der Waals surface area contributed by atoms with E-state index >= 15 is 0 Å². The minimum absolute atomic E-state index is 0.0870. The standard InChI is InChI=1S/C12H10ClN3OS/c13-11-2-1-9(14-15-11)12(17)16-5-3-10-8(7-16)4-6-18-10/h1-2,4,6H,3,5,7H2. The van der Waals surface area contributed by atoms with Crippen molar-refractivity contribution in [1.29, 1.82) is 0 Å². The molecule has 92 valence electrons. The molecule has 4 nitrogen and oxygen atoms in total. The lowest BCUT2D eigenvalue weighted by molar-refractivity contribution is 0.0728. The highest BCUT2D eigenvalue weighted by atomic mass is 35.5. The van der Waals surface area contributed by atoms with Gasteiger partial charge in [-0.15, -0.1) is 21.5 Å². The Morgan fingerprint density at radius 2 is 2.22 bits per heavy atom. The predicted octanol–water partition coefficient (Wildman–Crippen LogP) is 2.39. The van der Waals surface area contributed by atoms with Crippen LogP contribution in [-0.4, -0.2) is 27.5 Å². The summed E-state index contributed by atoms with van der Waals surface area (Å²) in [6.45, 7) is 1.39. The molecule has 0 saturated carbocycles. The van der Waals surface area contributed by atoms with E-state index in [1.807, 2.05) is 0 Å². The largest absolute Gasteiger partial charge is 0.333 e. The highest BCUT2D eigenvalue weighted by Crippen LogP contribution is 2.24. The van der Waals surface area contributed by atoms with Crippen molar-refractivity contribution in [3.63, 3.8) is 0 Å². The summed E-state index contributed by atoms with van der Waals surface area (Å²) in [5, 5.41) is 9.89. The molecular formula is C12H10ClN3OS. The second-order valence-electron chi connectivity index (χ2n) is 4.09. The van der Waals surface area contributed by atoms with Crippen LogP contribution >= 0.6 is 22.9 Å². The summed E-state index contributed by atoms with van der Waals surface area (Å²) in [7, 11) is 0. The third-order valence-corrected chi connectivity index (χ3v) is 4.17. The molecule has 3 rings (SSSR count). The number of carbonyl (C=O) groups excluding carboxylic acids is 1. The number of nitrogens with zero attached hydrogens (tertiary/aromatic N) is 3. The number of aromatic nitrogens is 2. The van der Waals surface area contributed by atoms with Crippen molar-refractivity contribution >= 4 is 28.8 Å². The maximum atomic E-state index is 12.2. The lowest BCUT2D eigenvalue weighted by atomic mass is 10.1. The van der Waals surface area contributed by atoms with Crippen LogP contribution in [0.1, 0.15) is 20.9 Å². The van der Waals surface area contributed by atoms with Gasteiger partial charge in [-0.1, -0.05) is 11.6 Å². The van der Waals surface area contributed by atoms with Gasteiger partial charge in [-0.2, -0.15) is 0 Å². The van der Waals surface area contributed by atoms with Crippen molar-refractivity contribution in [2.75, 3.05) is 6.54 Å². The van der Waals surface area contributed by atoms with Gasteiger partial charge in [0.15, 0.2) is 10.8 Å². The van der Waals surface area contributed by atoms with E-state index in [1.54, 1.807) is 28.4 Å². The van der Waals surface area contributed by atoms with Crippen LogP contribution < -0.4 is 0 Å². The molecule has 0 N–H and O–H groups in total. The second kappa shape index (κ2) is 4.66. The molecule has 0 aromatic carbocycles. The molecule has 0 unspecified atom stereocenters. The maximum absolute atomic E-state index is 12.2. The number of amides is 1. The molecular weight excluding hydrogens is 270 g/mol. The van der Waals surface area contributed by atoms with Crippen molar-refractivity contribution in [2.24, 2.45) is 0 Å². The second-order valence-corrected chi connectivity index (χ2v) is 5.47. The van der Waals surface area contributed by atoms with Gasteiger partial charge in [-0.05, 0) is 35.6 Å². The molecule has 1 amide bonds. The van der Waals surface area contributed by atoms with Gasteiger partial charge in [-0.25, -0.2) is 0 Å². The first-order valence-electron chi connectivity index (χ1n) is 5.58. The topological polar surface area (TPSA) is 46.1 Å². The molecule has 0 spiro atoms. The van der Waals surface area contributed by atoms with Crippen molar-refractivity contribution in [3.8, 4) is 0 Å². The van der Waals surface area contributed by atoms with Gasteiger partial charge in [0.05, 0.1) is 0 Å². The number of thiophene rings is 1. The van der Waals surface area contributed by atoms with E-state index in [4.69, 9.17) is 11.6 Å². The Hall–Kier alpha value is -1.46. The van der Waals surface area contributed by atoms with Crippen molar-refractivity contribution in [2.45, 2.75) is 13.0 Å². The predicted molar refractivity (Wildman–Crippen MR) is 69.8 cm³/mol. The zero-order chi connectivity index (χ0) is 12.5. The fraction of sp³-hybridized carbons (Fsp3) is 0.250. The third-order valence-electron chi connectivity index (χ3n) is 2.95. The quantitative estimate of drug-likeness (QED) is 0.805. The summed E-state index contributed by atoms with van der Waals surface area (Å²) in [5.74, 6) is -0.0870. The highest BCUT2D eigenvalue weighted by molar-refractivity contribution is 7.10. The first-order chi connectivity index (χ1) is 8.74. The van der Waals surface area contributed by atoms with Gasteiger partial charge in [0.25, 0.3) is 5.91 Å². The van der Waals surface area contributed by atoms with Gasteiger partial charge >= 0.3 is 0 Å².